The summed E-state index contributed by atoms with van der Waals surface area (Å²) >= 11 is 0. The van der Waals surface area contributed by atoms with Crippen molar-refractivity contribution >= 4 is 11.6 Å². The molecular formula is C23H18N4O2. The van der Waals surface area contributed by atoms with Gasteiger partial charge in [0.15, 0.2) is 0 Å². The molecule has 0 saturated heterocycles. The lowest BCUT2D eigenvalue weighted by Crippen LogP contribution is -1.99. The molecule has 0 bridgehead atoms. The second kappa shape index (κ2) is 7.52. The van der Waals surface area contributed by atoms with E-state index >= 15 is 0 Å². The van der Waals surface area contributed by atoms with E-state index < -0.39 is 4.92 Å². The largest absolute Gasteiger partial charge is 0.368 e. The lowest BCUT2D eigenvalue weighted by Gasteiger charge is -2.09. The summed E-state index contributed by atoms with van der Waals surface area (Å²) in [7, 11) is 0. The number of nitro benzene ring substituents is 1. The predicted octanol–water partition coefficient (Wildman–Crippen LogP) is 5.28. The molecule has 1 aromatic heterocycles. The minimum Gasteiger partial charge on any atom is -0.368 e. The van der Waals surface area contributed by atoms with Gasteiger partial charge >= 0.3 is 0 Å². The minimum atomic E-state index is -0.430. The van der Waals surface area contributed by atoms with Crippen LogP contribution in [0.1, 0.15) is 5.56 Å². The summed E-state index contributed by atoms with van der Waals surface area (Å²) in [6, 6.07) is 24.5. The number of nitrogen functional groups attached to an aromatic ring is 1. The summed E-state index contributed by atoms with van der Waals surface area (Å²) in [4.78, 5) is 19.1. The normalized spacial score (nSPS) is 10.7. The first-order valence-corrected chi connectivity index (χ1v) is 9.06. The molecule has 3 aromatic carbocycles. The monoisotopic (exact) mass is 382 g/mol. The van der Waals surface area contributed by atoms with E-state index in [1.165, 1.54) is 17.7 Å². The second-order valence-electron chi connectivity index (χ2n) is 6.75. The van der Waals surface area contributed by atoms with Crippen molar-refractivity contribution < 1.29 is 4.92 Å². The smallest absolute Gasteiger partial charge is 0.269 e. The summed E-state index contributed by atoms with van der Waals surface area (Å²) in [5.74, 6) is 0.150. The molecule has 0 saturated carbocycles. The molecule has 0 amide bonds. The van der Waals surface area contributed by atoms with Crippen molar-refractivity contribution in [2.75, 3.05) is 5.73 Å². The molecule has 0 aliphatic rings. The third-order valence-corrected chi connectivity index (χ3v) is 4.66. The van der Waals surface area contributed by atoms with Crippen molar-refractivity contribution in [2.24, 2.45) is 0 Å². The molecule has 0 spiro atoms. The van der Waals surface area contributed by atoms with Crippen LogP contribution in [0.4, 0.5) is 11.6 Å². The Labute approximate surface area is 167 Å². The van der Waals surface area contributed by atoms with Crippen LogP contribution in [0.2, 0.25) is 0 Å². The maximum Gasteiger partial charge on any atom is 0.269 e. The van der Waals surface area contributed by atoms with Crippen molar-refractivity contribution in [2.45, 2.75) is 6.92 Å². The molecule has 4 rings (SSSR count). The van der Waals surface area contributed by atoms with Crippen LogP contribution in [0.3, 0.4) is 0 Å². The fourth-order valence-corrected chi connectivity index (χ4v) is 3.12. The Morgan fingerprint density at radius 3 is 2.00 bits per heavy atom. The maximum absolute atomic E-state index is 10.9. The molecule has 0 aliphatic heterocycles. The number of nitrogens with zero attached hydrogens (tertiary/aromatic N) is 3. The number of rotatable bonds is 4. The number of nitrogens with two attached hydrogens (primary N) is 1. The Morgan fingerprint density at radius 1 is 0.759 bits per heavy atom. The highest BCUT2D eigenvalue weighted by Crippen LogP contribution is 2.29. The van der Waals surface area contributed by atoms with Crippen molar-refractivity contribution in [3.05, 3.63) is 94.5 Å². The maximum atomic E-state index is 10.9. The highest BCUT2D eigenvalue weighted by Gasteiger charge is 2.10. The first-order chi connectivity index (χ1) is 14.0. The number of non-ortho nitro benzene ring substituents is 1. The van der Waals surface area contributed by atoms with Gasteiger partial charge in [-0.2, -0.15) is 0 Å². The van der Waals surface area contributed by atoms with Crippen LogP contribution in [0.25, 0.3) is 33.6 Å². The van der Waals surface area contributed by atoms with Gasteiger partial charge in [-0.1, -0.05) is 48.0 Å². The molecule has 0 fully saturated rings. The molecule has 0 aliphatic carbocycles. The van der Waals surface area contributed by atoms with Gasteiger partial charge in [0, 0.05) is 23.3 Å². The minimum absolute atomic E-state index is 0.0294. The summed E-state index contributed by atoms with van der Waals surface area (Å²) in [5.41, 5.74) is 12.3. The van der Waals surface area contributed by atoms with Gasteiger partial charge in [0.2, 0.25) is 5.95 Å². The van der Waals surface area contributed by atoms with Gasteiger partial charge in [-0.05, 0) is 42.3 Å². The number of hydrogen-bond donors (Lipinski definition) is 1. The van der Waals surface area contributed by atoms with E-state index in [1.807, 2.05) is 18.2 Å². The zero-order valence-electron chi connectivity index (χ0n) is 15.7. The van der Waals surface area contributed by atoms with E-state index in [2.05, 4.69) is 53.3 Å². The number of aromatic nitrogens is 2. The Bertz CT molecular complexity index is 1190. The summed E-state index contributed by atoms with van der Waals surface area (Å²) in [5, 5.41) is 10.9. The molecule has 29 heavy (non-hydrogen) atoms. The number of nitro groups is 1. The average molecular weight is 382 g/mol. The summed E-state index contributed by atoms with van der Waals surface area (Å²) < 4.78 is 0. The zero-order valence-corrected chi connectivity index (χ0v) is 15.7. The van der Waals surface area contributed by atoms with Crippen LogP contribution in [-0.2, 0) is 0 Å². The van der Waals surface area contributed by atoms with E-state index in [0.717, 1.165) is 22.3 Å². The predicted molar refractivity (Wildman–Crippen MR) is 114 cm³/mol. The van der Waals surface area contributed by atoms with Crippen LogP contribution >= 0.6 is 0 Å². The lowest BCUT2D eigenvalue weighted by molar-refractivity contribution is -0.384. The van der Waals surface area contributed by atoms with Crippen LogP contribution < -0.4 is 5.73 Å². The van der Waals surface area contributed by atoms with Crippen molar-refractivity contribution in [3.63, 3.8) is 0 Å². The molecule has 0 radical (unpaired) electrons. The zero-order chi connectivity index (χ0) is 20.4. The Morgan fingerprint density at radius 2 is 1.34 bits per heavy atom. The van der Waals surface area contributed by atoms with E-state index in [1.54, 1.807) is 12.1 Å². The van der Waals surface area contributed by atoms with Crippen LogP contribution in [0.5, 0.6) is 0 Å². The SMILES string of the molecule is Cc1ccc(-c2cccc(-c3cc(-c4ccc([N+](=O)[O-])cc4)nc(N)n3)c2)cc1. The topological polar surface area (TPSA) is 94.9 Å². The highest BCUT2D eigenvalue weighted by atomic mass is 16.6. The van der Waals surface area contributed by atoms with Gasteiger partial charge in [0.05, 0.1) is 16.3 Å². The molecule has 1 heterocycles. The van der Waals surface area contributed by atoms with E-state index in [4.69, 9.17) is 5.73 Å². The van der Waals surface area contributed by atoms with Gasteiger partial charge in [0.25, 0.3) is 5.69 Å². The van der Waals surface area contributed by atoms with Crippen molar-refractivity contribution in [3.8, 4) is 33.6 Å². The van der Waals surface area contributed by atoms with Crippen molar-refractivity contribution in [1.82, 2.24) is 9.97 Å². The second-order valence-corrected chi connectivity index (χ2v) is 6.75. The quantitative estimate of drug-likeness (QED) is 0.383. The Kier molecular flexibility index (Phi) is 4.75. The third-order valence-electron chi connectivity index (χ3n) is 4.66. The molecule has 6 nitrogen and oxygen atoms in total. The van der Waals surface area contributed by atoms with Gasteiger partial charge in [-0.3, -0.25) is 10.1 Å². The van der Waals surface area contributed by atoms with Crippen molar-refractivity contribution in [1.29, 1.82) is 0 Å². The van der Waals surface area contributed by atoms with E-state index in [9.17, 15) is 10.1 Å². The first-order valence-electron chi connectivity index (χ1n) is 9.06. The fraction of sp³-hybridized carbons (Fsp3) is 0.0435. The molecule has 142 valence electrons. The van der Waals surface area contributed by atoms with E-state index in [0.29, 0.717) is 11.4 Å². The van der Waals surface area contributed by atoms with Gasteiger partial charge in [0.1, 0.15) is 0 Å². The summed E-state index contributed by atoms with van der Waals surface area (Å²) in [6.45, 7) is 2.06. The number of anilines is 1. The van der Waals surface area contributed by atoms with Gasteiger partial charge < -0.3 is 5.73 Å². The third kappa shape index (κ3) is 3.96. The molecule has 0 unspecified atom stereocenters. The van der Waals surface area contributed by atoms with Gasteiger partial charge in [-0.15, -0.1) is 0 Å². The Hall–Kier alpha value is -4.06. The molecular weight excluding hydrogens is 364 g/mol. The number of benzene rings is 3. The summed E-state index contributed by atoms with van der Waals surface area (Å²) in [6.07, 6.45) is 0. The standard InChI is InChI=1S/C23H18N4O2/c1-15-5-7-16(8-6-15)18-3-2-4-19(13-18)22-14-21(25-23(24)26-22)17-9-11-20(12-10-17)27(28)29/h2-14H,1H3,(H2,24,25,26). The molecule has 6 heteroatoms. The molecule has 4 aromatic rings. The number of hydrogen-bond acceptors (Lipinski definition) is 5. The van der Waals surface area contributed by atoms with Gasteiger partial charge in [-0.25, -0.2) is 9.97 Å². The van der Waals surface area contributed by atoms with Crippen LogP contribution in [-0.4, -0.2) is 14.9 Å². The average Bonchev–Trinajstić information content (AvgIpc) is 2.74. The first kappa shape index (κ1) is 18.3. The highest BCUT2D eigenvalue weighted by molar-refractivity contribution is 5.74. The lowest BCUT2D eigenvalue weighted by atomic mass is 10.00. The van der Waals surface area contributed by atoms with Crippen LogP contribution in [0, 0.1) is 17.0 Å². The van der Waals surface area contributed by atoms with Crippen LogP contribution in [0.15, 0.2) is 78.9 Å². The fourth-order valence-electron chi connectivity index (χ4n) is 3.12. The molecule has 2 N–H and O–H groups in total. The Balaban J connectivity index is 1.73. The molecule has 0 atom stereocenters. The number of aryl methyl sites for hydroxylation is 1. The van der Waals surface area contributed by atoms with E-state index in [-0.39, 0.29) is 11.6 Å².